The predicted molar refractivity (Wildman–Crippen MR) is 86.5 cm³/mol. The summed E-state index contributed by atoms with van der Waals surface area (Å²) in [4.78, 5) is 9.84. The molecule has 0 atom stereocenters. The van der Waals surface area contributed by atoms with Crippen molar-refractivity contribution in [2.24, 2.45) is 5.92 Å². The molecule has 114 valence electrons. The van der Waals surface area contributed by atoms with Crippen molar-refractivity contribution in [2.75, 3.05) is 32.7 Å². The molecule has 0 N–H and O–H groups in total. The van der Waals surface area contributed by atoms with Gasteiger partial charge in [0.05, 0.1) is 5.69 Å². The van der Waals surface area contributed by atoms with E-state index in [1.165, 1.54) is 31.0 Å². The first-order chi connectivity index (χ1) is 10.1. The molecular formula is C17H26N4. The van der Waals surface area contributed by atoms with Gasteiger partial charge in [0.2, 0.25) is 0 Å². The highest BCUT2D eigenvalue weighted by Crippen LogP contribution is 2.12. The molecule has 4 heteroatoms. The molecule has 2 aromatic heterocycles. The Morgan fingerprint density at radius 3 is 2.48 bits per heavy atom. The highest BCUT2D eigenvalue weighted by molar-refractivity contribution is 5.41. The van der Waals surface area contributed by atoms with Gasteiger partial charge in [-0.05, 0) is 25.0 Å². The van der Waals surface area contributed by atoms with E-state index >= 15 is 0 Å². The molecule has 0 spiro atoms. The number of nitrogens with zero attached hydrogens (tertiary/aromatic N) is 4. The number of piperazine rings is 1. The van der Waals surface area contributed by atoms with Crippen molar-refractivity contribution in [1.29, 1.82) is 0 Å². The zero-order valence-electron chi connectivity index (χ0n) is 13.4. The Morgan fingerprint density at radius 2 is 1.81 bits per heavy atom. The van der Waals surface area contributed by atoms with Crippen molar-refractivity contribution >= 4 is 5.65 Å². The van der Waals surface area contributed by atoms with Gasteiger partial charge in [0.1, 0.15) is 5.65 Å². The average molecular weight is 286 g/mol. The van der Waals surface area contributed by atoms with Crippen LogP contribution in [0.3, 0.4) is 0 Å². The van der Waals surface area contributed by atoms with Gasteiger partial charge >= 0.3 is 0 Å². The summed E-state index contributed by atoms with van der Waals surface area (Å²) in [6.07, 6.45) is 2.19. The number of aryl methyl sites for hydroxylation is 1. The third kappa shape index (κ3) is 3.44. The lowest BCUT2D eigenvalue weighted by Crippen LogP contribution is -2.46. The van der Waals surface area contributed by atoms with E-state index < -0.39 is 0 Å². The highest BCUT2D eigenvalue weighted by atomic mass is 15.3. The molecule has 0 unspecified atom stereocenters. The lowest BCUT2D eigenvalue weighted by molar-refractivity contribution is 0.116. The first-order valence-electron chi connectivity index (χ1n) is 8.00. The standard InChI is InChI=1S/C17H26N4/c1-14(2)11-19-7-9-20(10-8-19)12-16-13-21-15(3)5-4-6-17(21)18-16/h4-6,13-14H,7-12H2,1-3H3. The van der Waals surface area contributed by atoms with Crippen LogP contribution in [0.15, 0.2) is 24.4 Å². The maximum atomic E-state index is 4.74. The molecule has 1 aliphatic heterocycles. The van der Waals surface area contributed by atoms with Gasteiger partial charge in [0, 0.05) is 51.2 Å². The molecule has 0 aliphatic carbocycles. The van der Waals surface area contributed by atoms with Crippen LogP contribution in [0.5, 0.6) is 0 Å². The maximum absolute atomic E-state index is 4.74. The van der Waals surface area contributed by atoms with E-state index in [1.807, 2.05) is 0 Å². The molecule has 0 bridgehead atoms. The van der Waals surface area contributed by atoms with Crippen molar-refractivity contribution in [3.63, 3.8) is 0 Å². The van der Waals surface area contributed by atoms with Crippen LogP contribution in [0, 0.1) is 12.8 Å². The number of fused-ring (bicyclic) bond motifs is 1. The molecule has 21 heavy (non-hydrogen) atoms. The number of hydrogen-bond donors (Lipinski definition) is 0. The monoisotopic (exact) mass is 286 g/mol. The number of imidazole rings is 1. The van der Waals surface area contributed by atoms with Crippen molar-refractivity contribution in [3.8, 4) is 0 Å². The molecule has 4 nitrogen and oxygen atoms in total. The van der Waals surface area contributed by atoms with Gasteiger partial charge in [-0.1, -0.05) is 19.9 Å². The third-order valence-corrected chi connectivity index (χ3v) is 4.22. The number of rotatable bonds is 4. The van der Waals surface area contributed by atoms with Crippen molar-refractivity contribution in [3.05, 3.63) is 35.8 Å². The van der Waals surface area contributed by atoms with E-state index in [2.05, 4.69) is 59.4 Å². The second-order valence-corrected chi connectivity index (χ2v) is 6.60. The molecule has 0 aromatic carbocycles. The van der Waals surface area contributed by atoms with Gasteiger partial charge in [0.15, 0.2) is 0 Å². The maximum Gasteiger partial charge on any atom is 0.137 e. The van der Waals surface area contributed by atoms with Crippen LogP contribution in [0.25, 0.3) is 5.65 Å². The smallest absolute Gasteiger partial charge is 0.137 e. The Morgan fingerprint density at radius 1 is 1.10 bits per heavy atom. The molecule has 0 radical (unpaired) electrons. The number of aromatic nitrogens is 2. The van der Waals surface area contributed by atoms with Crippen LogP contribution in [-0.2, 0) is 6.54 Å². The van der Waals surface area contributed by atoms with Gasteiger partial charge in [-0.15, -0.1) is 0 Å². The summed E-state index contributed by atoms with van der Waals surface area (Å²) in [5.74, 6) is 0.762. The largest absolute Gasteiger partial charge is 0.304 e. The van der Waals surface area contributed by atoms with Crippen LogP contribution in [0.4, 0.5) is 0 Å². The first kappa shape index (κ1) is 14.5. The zero-order chi connectivity index (χ0) is 14.8. The highest BCUT2D eigenvalue weighted by Gasteiger charge is 2.18. The van der Waals surface area contributed by atoms with Crippen LogP contribution < -0.4 is 0 Å². The van der Waals surface area contributed by atoms with E-state index in [0.717, 1.165) is 31.2 Å². The molecular weight excluding hydrogens is 260 g/mol. The fourth-order valence-electron chi connectivity index (χ4n) is 3.15. The molecule has 1 aliphatic rings. The molecule has 0 saturated carbocycles. The van der Waals surface area contributed by atoms with Crippen LogP contribution >= 0.6 is 0 Å². The predicted octanol–water partition coefficient (Wildman–Crippen LogP) is 2.42. The Balaban J connectivity index is 1.60. The van der Waals surface area contributed by atoms with E-state index in [1.54, 1.807) is 0 Å². The summed E-state index contributed by atoms with van der Waals surface area (Å²) < 4.78 is 2.18. The van der Waals surface area contributed by atoms with Crippen molar-refractivity contribution < 1.29 is 0 Å². The molecule has 3 rings (SSSR count). The zero-order valence-corrected chi connectivity index (χ0v) is 13.4. The van der Waals surface area contributed by atoms with Gasteiger partial charge in [-0.2, -0.15) is 0 Å². The summed E-state index contributed by atoms with van der Waals surface area (Å²) in [7, 11) is 0. The molecule has 1 saturated heterocycles. The van der Waals surface area contributed by atoms with E-state index in [9.17, 15) is 0 Å². The number of hydrogen-bond acceptors (Lipinski definition) is 3. The Kier molecular flexibility index (Phi) is 4.27. The van der Waals surface area contributed by atoms with Crippen LogP contribution in [0.2, 0.25) is 0 Å². The molecule has 1 fully saturated rings. The summed E-state index contributed by atoms with van der Waals surface area (Å²) in [5, 5.41) is 0. The minimum absolute atomic E-state index is 0.762. The minimum atomic E-state index is 0.762. The topological polar surface area (TPSA) is 23.8 Å². The Hall–Kier alpha value is -1.39. The third-order valence-electron chi connectivity index (χ3n) is 4.22. The lowest BCUT2D eigenvalue weighted by Gasteiger charge is -2.35. The van der Waals surface area contributed by atoms with E-state index in [-0.39, 0.29) is 0 Å². The Labute approximate surface area is 127 Å². The van der Waals surface area contributed by atoms with Crippen LogP contribution in [0.1, 0.15) is 25.2 Å². The Bertz CT molecular complexity index is 594. The second kappa shape index (κ2) is 6.16. The lowest BCUT2D eigenvalue weighted by atomic mass is 10.2. The van der Waals surface area contributed by atoms with Crippen LogP contribution in [-0.4, -0.2) is 51.9 Å². The fourth-order valence-corrected chi connectivity index (χ4v) is 3.15. The first-order valence-corrected chi connectivity index (χ1v) is 8.00. The second-order valence-electron chi connectivity index (χ2n) is 6.60. The fraction of sp³-hybridized carbons (Fsp3) is 0.588. The van der Waals surface area contributed by atoms with Gasteiger partial charge in [0.25, 0.3) is 0 Å². The van der Waals surface area contributed by atoms with Gasteiger partial charge in [-0.25, -0.2) is 4.98 Å². The summed E-state index contributed by atoms with van der Waals surface area (Å²) in [6.45, 7) is 13.6. The quantitative estimate of drug-likeness (QED) is 0.862. The molecule has 3 heterocycles. The summed E-state index contributed by atoms with van der Waals surface area (Å²) in [6, 6.07) is 6.28. The molecule has 0 amide bonds. The van der Waals surface area contributed by atoms with Crippen molar-refractivity contribution in [2.45, 2.75) is 27.3 Å². The average Bonchev–Trinajstić information content (AvgIpc) is 2.84. The minimum Gasteiger partial charge on any atom is -0.304 e. The van der Waals surface area contributed by atoms with Gasteiger partial charge < -0.3 is 9.30 Å². The summed E-state index contributed by atoms with van der Waals surface area (Å²) in [5.41, 5.74) is 3.48. The number of pyridine rings is 1. The van der Waals surface area contributed by atoms with Gasteiger partial charge in [-0.3, -0.25) is 4.90 Å². The summed E-state index contributed by atoms with van der Waals surface area (Å²) >= 11 is 0. The SMILES string of the molecule is Cc1cccc2nc(CN3CCN(CC(C)C)CC3)cn12. The molecule has 2 aromatic rings. The normalized spacial score (nSPS) is 17.9. The van der Waals surface area contributed by atoms with E-state index in [4.69, 9.17) is 4.98 Å². The van der Waals surface area contributed by atoms with Crippen molar-refractivity contribution in [1.82, 2.24) is 19.2 Å². The van der Waals surface area contributed by atoms with E-state index in [0.29, 0.717) is 0 Å².